The predicted octanol–water partition coefficient (Wildman–Crippen LogP) is 2.02. The minimum atomic E-state index is -0.161. The Kier molecular flexibility index (Phi) is 4.08. The first-order valence-corrected chi connectivity index (χ1v) is 7.08. The van der Waals surface area contributed by atoms with E-state index in [1.54, 1.807) is 0 Å². The van der Waals surface area contributed by atoms with Crippen LogP contribution in [0.2, 0.25) is 0 Å². The summed E-state index contributed by atoms with van der Waals surface area (Å²) in [5.41, 5.74) is -0.161. The summed E-state index contributed by atoms with van der Waals surface area (Å²) in [6.45, 7) is 5.00. The van der Waals surface area contributed by atoms with Crippen molar-refractivity contribution >= 4 is 5.91 Å². The number of rotatable bonds is 3. The van der Waals surface area contributed by atoms with Crippen LogP contribution in [-0.4, -0.2) is 37.5 Å². The smallest absolute Gasteiger partial charge is 0.229 e. The molecule has 0 aromatic carbocycles. The van der Waals surface area contributed by atoms with Crippen LogP contribution in [0.15, 0.2) is 0 Å². The fraction of sp³-hybridized carbons (Fsp3) is 0.929. The number of carbonyl (C=O) groups excluding carboxylic acids is 1. The Bertz CT molecular complexity index is 265. The Labute approximate surface area is 105 Å². The molecule has 17 heavy (non-hydrogen) atoms. The molecule has 2 aliphatic rings. The lowest BCUT2D eigenvalue weighted by Gasteiger charge is -2.36. The summed E-state index contributed by atoms with van der Waals surface area (Å²) >= 11 is 0. The van der Waals surface area contributed by atoms with Gasteiger partial charge < -0.3 is 10.2 Å². The van der Waals surface area contributed by atoms with Gasteiger partial charge in [0, 0.05) is 20.1 Å². The minimum absolute atomic E-state index is 0.161. The van der Waals surface area contributed by atoms with Gasteiger partial charge in [0.15, 0.2) is 0 Å². The lowest BCUT2D eigenvalue weighted by Crippen LogP contribution is -2.49. The first kappa shape index (κ1) is 12.9. The lowest BCUT2D eigenvalue weighted by atomic mass is 9.81. The average Bonchev–Trinajstić information content (AvgIpc) is 2.81. The maximum Gasteiger partial charge on any atom is 0.229 e. The van der Waals surface area contributed by atoms with Crippen LogP contribution in [0.1, 0.15) is 45.4 Å². The zero-order valence-corrected chi connectivity index (χ0v) is 11.3. The number of piperidine rings is 1. The molecule has 1 heterocycles. The third-order valence-corrected chi connectivity index (χ3v) is 4.47. The number of nitrogens with one attached hydrogen (secondary N) is 1. The van der Waals surface area contributed by atoms with Crippen molar-refractivity contribution in [1.29, 1.82) is 0 Å². The molecule has 0 radical (unpaired) electrons. The first-order chi connectivity index (χ1) is 8.12. The SMILES string of the molecule is CN(CC1CCCC1)C(=O)C1(C)CCCNC1. The molecule has 0 spiro atoms. The monoisotopic (exact) mass is 238 g/mol. The summed E-state index contributed by atoms with van der Waals surface area (Å²) in [7, 11) is 1.99. The van der Waals surface area contributed by atoms with Gasteiger partial charge in [-0.3, -0.25) is 4.79 Å². The van der Waals surface area contributed by atoms with Crippen molar-refractivity contribution in [3.8, 4) is 0 Å². The summed E-state index contributed by atoms with van der Waals surface area (Å²) < 4.78 is 0. The van der Waals surface area contributed by atoms with E-state index in [4.69, 9.17) is 0 Å². The minimum Gasteiger partial charge on any atom is -0.345 e. The number of carbonyl (C=O) groups is 1. The fourth-order valence-corrected chi connectivity index (χ4v) is 3.36. The van der Waals surface area contributed by atoms with Crippen LogP contribution in [-0.2, 0) is 4.79 Å². The molecule has 0 aromatic rings. The third-order valence-electron chi connectivity index (χ3n) is 4.47. The molecule has 1 saturated heterocycles. The molecule has 3 nitrogen and oxygen atoms in total. The molecule has 2 fully saturated rings. The van der Waals surface area contributed by atoms with E-state index in [0.29, 0.717) is 5.91 Å². The zero-order chi connectivity index (χ0) is 12.3. The highest BCUT2D eigenvalue weighted by Crippen LogP contribution is 2.30. The maximum atomic E-state index is 12.5. The highest BCUT2D eigenvalue weighted by Gasteiger charge is 2.37. The molecule has 1 amide bonds. The molecule has 1 aliphatic carbocycles. The second-order valence-electron chi connectivity index (χ2n) is 6.18. The van der Waals surface area contributed by atoms with E-state index in [-0.39, 0.29) is 5.41 Å². The summed E-state index contributed by atoms with van der Waals surface area (Å²) in [6.07, 6.45) is 7.49. The molecule has 3 heteroatoms. The van der Waals surface area contributed by atoms with Gasteiger partial charge in [-0.1, -0.05) is 12.8 Å². The molecule has 1 N–H and O–H groups in total. The molecule has 0 bridgehead atoms. The number of hydrogen-bond donors (Lipinski definition) is 1. The zero-order valence-electron chi connectivity index (χ0n) is 11.3. The molecule has 1 saturated carbocycles. The summed E-state index contributed by atoms with van der Waals surface area (Å²) in [5.74, 6) is 1.10. The number of hydrogen-bond acceptors (Lipinski definition) is 2. The molecule has 98 valence electrons. The van der Waals surface area contributed by atoms with Gasteiger partial charge in [0.05, 0.1) is 5.41 Å². The Morgan fingerprint density at radius 2 is 2.06 bits per heavy atom. The Morgan fingerprint density at radius 1 is 1.35 bits per heavy atom. The van der Waals surface area contributed by atoms with Gasteiger partial charge in [0.2, 0.25) is 5.91 Å². The highest BCUT2D eigenvalue weighted by atomic mass is 16.2. The van der Waals surface area contributed by atoms with Crippen LogP contribution in [0.5, 0.6) is 0 Å². The Hall–Kier alpha value is -0.570. The summed E-state index contributed by atoms with van der Waals surface area (Å²) in [4.78, 5) is 14.5. The molecule has 1 atom stereocenters. The quantitative estimate of drug-likeness (QED) is 0.816. The largest absolute Gasteiger partial charge is 0.345 e. The molecule has 0 aromatic heterocycles. The molecule has 1 aliphatic heterocycles. The van der Waals surface area contributed by atoms with Gasteiger partial charge in [0.25, 0.3) is 0 Å². The van der Waals surface area contributed by atoms with Gasteiger partial charge in [-0.05, 0) is 45.1 Å². The van der Waals surface area contributed by atoms with Crippen molar-refractivity contribution in [2.75, 3.05) is 26.7 Å². The summed E-state index contributed by atoms with van der Waals surface area (Å²) in [6, 6.07) is 0. The van der Waals surface area contributed by atoms with E-state index < -0.39 is 0 Å². The second-order valence-corrected chi connectivity index (χ2v) is 6.18. The highest BCUT2D eigenvalue weighted by molar-refractivity contribution is 5.82. The van der Waals surface area contributed by atoms with Crippen LogP contribution in [0.3, 0.4) is 0 Å². The van der Waals surface area contributed by atoms with Crippen LogP contribution < -0.4 is 5.32 Å². The molecular weight excluding hydrogens is 212 g/mol. The van der Waals surface area contributed by atoms with Crippen LogP contribution in [0, 0.1) is 11.3 Å². The van der Waals surface area contributed by atoms with Crippen molar-refractivity contribution in [3.63, 3.8) is 0 Å². The van der Waals surface area contributed by atoms with Gasteiger partial charge in [-0.25, -0.2) is 0 Å². The van der Waals surface area contributed by atoms with E-state index in [0.717, 1.165) is 38.4 Å². The van der Waals surface area contributed by atoms with Crippen molar-refractivity contribution in [2.24, 2.45) is 11.3 Å². The lowest BCUT2D eigenvalue weighted by molar-refractivity contribution is -0.141. The van der Waals surface area contributed by atoms with Gasteiger partial charge in [-0.2, -0.15) is 0 Å². The second kappa shape index (κ2) is 5.38. The molecule has 1 unspecified atom stereocenters. The van der Waals surface area contributed by atoms with E-state index in [1.165, 1.54) is 25.7 Å². The van der Waals surface area contributed by atoms with Gasteiger partial charge in [0.1, 0.15) is 0 Å². The Morgan fingerprint density at radius 3 is 2.65 bits per heavy atom. The van der Waals surface area contributed by atoms with Crippen molar-refractivity contribution < 1.29 is 4.79 Å². The van der Waals surface area contributed by atoms with Gasteiger partial charge in [-0.15, -0.1) is 0 Å². The topological polar surface area (TPSA) is 32.3 Å². The molecular formula is C14H26N2O. The summed E-state index contributed by atoms with van der Waals surface area (Å²) in [5, 5.41) is 3.36. The van der Waals surface area contributed by atoms with E-state index in [1.807, 2.05) is 11.9 Å². The number of nitrogens with zero attached hydrogens (tertiary/aromatic N) is 1. The van der Waals surface area contributed by atoms with Crippen LogP contribution >= 0.6 is 0 Å². The van der Waals surface area contributed by atoms with E-state index in [2.05, 4.69) is 12.2 Å². The van der Waals surface area contributed by atoms with Gasteiger partial charge >= 0.3 is 0 Å². The Balaban J connectivity index is 1.88. The standard InChI is InChI=1S/C14H26N2O/c1-14(8-5-9-15-11-14)13(17)16(2)10-12-6-3-4-7-12/h12,15H,3-11H2,1-2H3. The fourth-order valence-electron chi connectivity index (χ4n) is 3.36. The third kappa shape index (κ3) is 3.01. The number of amides is 1. The average molecular weight is 238 g/mol. The first-order valence-electron chi connectivity index (χ1n) is 7.08. The van der Waals surface area contributed by atoms with Crippen molar-refractivity contribution in [2.45, 2.75) is 45.4 Å². The van der Waals surface area contributed by atoms with Crippen molar-refractivity contribution in [3.05, 3.63) is 0 Å². The normalized spacial score (nSPS) is 30.5. The van der Waals surface area contributed by atoms with Crippen LogP contribution in [0.4, 0.5) is 0 Å². The van der Waals surface area contributed by atoms with E-state index in [9.17, 15) is 4.79 Å². The van der Waals surface area contributed by atoms with Crippen molar-refractivity contribution in [1.82, 2.24) is 10.2 Å². The van der Waals surface area contributed by atoms with E-state index >= 15 is 0 Å². The van der Waals surface area contributed by atoms with Crippen LogP contribution in [0.25, 0.3) is 0 Å². The maximum absolute atomic E-state index is 12.5. The predicted molar refractivity (Wildman–Crippen MR) is 69.8 cm³/mol. The molecule has 2 rings (SSSR count).